The highest BCUT2D eigenvalue weighted by Gasteiger charge is 2.19. The number of aromatic nitrogens is 2. The van der Waals surface area contributed by atoms with Crippen molar-refractivity contribution in [2.75, 3.05) is 11.9 Å². The van der Waals surface area contributed by atoms with E-state index in [1.54, 1.807) is 0 Å². The predicted octanol–water partition coefficient (Wildman–Crippen LogP) is 2.99. The van der Waals surface area contributed by atoms with E-state index in [9.17, 15) is 0 Å². The fourth-order valence-electron chi connectivity index (χ4n) is 2.57. The lowest BCUT2D eigenvalue weighted by Gasteiger charge is -2.21. The third-order valence-corrected chi connectivity index (χ3v) is 3.55. The van der Waals surface area contributed by atoms with Gasteiger partial charge in [-0.1, -0.05) is 32.0 Å². The van der Waals surface area contributed by atoms with E-state index in [4.69, 9.17) is 4.98 Å². The maximum Gasteiger partial charge on any atom is 0.227 e. The van der Waals surface area contributed by atoms with Crippen LogP contribution in [0.5, 0.6) is 0 Å². The highest BCUT2D eigenvalue weighted by molar-refractivity contribution is 5.53. The molecular formula is C16H20N4. The van der Waals surface area contributed by atoms with Gasteiger partial charge in [-0.05, 0) is 36.6 Å². The van der Waals surface area contributed by atoms with Crippen molar-refractivity contribution in [3.63, 3.8) is 0 Å². The Bertz CT molecular complexity index is 593. The van der Waals surface area contributed by atoms with Crippen LogP contribution in [0.4, 0.5) is 11.6 Å². The second-order valence-corrected chi connectivity index (χ2v) is 5.43. The molecule has 3 rings (SSSR count). The molecule has 2 aromatic rings. The number of nitrogens with zero attached hydrogens (tertiary/aromatic N) is 2. The summed E-state index contributed by atoms with van der Waals surface area (Å²) in [4.78, 5) is 9.40. The van der Waals surface area contributed by atoms with Crippen LogP contribution in [0.2, 0.25) is 0 Å². The van der Waals surface area contributed by atoms with Gasteiger partial charge >= 0.3 is 0 Å². The first-order chi connectivity index (χ1) is 9.74. The Morgan fingerprint density at radius 2 is 1.95 bits per heavy atom. The van der Waals surface area contributed by atoms with Gasteiger partial charge in [-0.2, -0.15) is 0 Å². The molecule has 0 amide bonds. The van der Waals surface area contributed by atoms with E-state index < -0.39 is 0 Å². The van der Waals surface area contributed by atoms with Crippen molar-refractivity contribution in [2.24, 2.45) is 0 Å². The number of nitrogens with one attached hydrogen (secondary N) is 2. The van der Waals surface area contributed by atoms with Crippen LogP contribution >= 0.6 is 0 Å². The van der Waals surface area contributed by atoms with Gasteiger partial charge in [0.1, 0.15) is 0 Å². The summed E-state index contributed by atoms with van der Waals surface area (Å²) in [6.45, 7) is 6.23. The lowest BCUT2D eigenvalue weighted by molar-refractivity contribution is 0.609. The molecule has 4 heteroatoms. The van der Waals surface area contributed by atoms with Crippen LogP contribution in [-0.2, 0) is 13.0 Å². The molecule has 0 saturated heterocycles. The van der Waals surface area contributed by atoms with Gasteiger partial charge in [0.05, 0.1) is 11.4 Å². The quantitative estimate of drug-likeness (QED) is 0.898. The van der Waals surface area contributed by atoms with Gasteiger partial charge in [-0.15, -0.1) is 0 Å². The molecular weight excluding hydrogens is 248 g/mol. The molecule has 0 spiro atoms. The van der Waals surface area contributed by atoms with Crippen molar-refractivity contribution in [2.45, 2.75) is 32.7 Å². The van der Waals surface area contributed by atoms with Crippen molar-refractivity contribution in [3.8, 4) is 0 Å². The molecule has 0 unspecified atom stereocenters. The molecule has 0 fully saturated rings. The Hall–Kier alpha value is -1.94. The van der Waals surface area contributed by atoms with Crippen molar-refractivity contribution in [1.29, 1.82) is 0 Å². The standard InChI is InChI=1S/C16H20N4/c1-11(2)15-13-8-9-17-10-14(13)19-16(20-15)18-12-6-4-3-5-7-12/h3-7,11,17H,8-10H2,1-2H3,(H,18,19,20). The minimum absolute atomic E-state index is 0.418. The summed E-state index contributed by atoms with van der Waals surface area (Å²) in [5.74, 6) is 1.11. The van der Waals surface area contributed by atoms with E-state index in [1.807, 2.05) is 30.3 Å². The number of hydrogen-bond donors (Lipinski definition) is 2. The highest BCUT2D eigenvalue weighted by Crippen LogP contribution is 2.25. The Morgan fingerprint density at radius 3 is 2.70 bits per heavy atom. The van der Waals surface area contributed by atoms with Gasteiger partial charge in [0.15, 0.2) is 0 Å². The molecule has 1 aromatic carbocycles. The molecule has 1 aromatic heterocycles. The van der Waals surface area contributed by atoms with E-state index in [0.29, 0.717) is 11.9 Å². The molecule has 1 aliphatic heterocycles. The SMILES string of the molecule is CC(C)c1nc(Nc2ccccc2)nc2c1CCNC2. The van der Waals surface area contributed by atoms with Crippen molar-refractivity contribution < 1.29 is 0 Å². The first-order valence-corrected chi connectivity index (χ1v) is 7.16. The van der Waals surface area contributed by atoms with Gasteiger partial charge in [-0.25, -0.2) is 9.97 Å². The monoisotopic (exact) mass is 268 g/mol. The molecule has 104 valence electrons. The summed E-state index contributed by atoms with van der Waals surface area (Å²) >= 11 is 0. The number of benzene rings is 1. The smallest absolute Gasteiger partial charge is 0.227 e. The predicted molar refractivity (Wildman–Crippen MR) is 81.3 cm³/mol. The minimum atomic E-state index is 0.418. The van der Waals surface area contributed by atoms with Gasteiger partial charge in [0.2, 0.25) is 5.95 Å². The second-order valence-electron chi connectivity index (χ2n) is 5.43. The van der Waals surface area contributed by atoms with E-state index >= 15 is 0 Å². The molecule has 2 N–H and O–H groups in total. The Balaban J connectivity index is 1.97. The number of anilines is 2. The Kier molecular flexibility index (Phi) is 3.65. The molecule has 2 heterocycles. The first-order valence-electron chi connectivity index (χ1n) is 7.16. The van der Waals surface area contributed by atoms with Gasteiger partial charge in [0, 0.05) is 12.2 Å². The molecule has 0 aliphatic carbocycles. The number of fused-ring (bicyclic) bond motifs is 1. The van der Waals surface area contributed by atoms with Gasteiger partial charge < -0.3 is 10.6 Å². The van der Waals surface area contributed by atoms with E-state index in [0.717, 1.165) is 30.9 Å². The first kappa shape index (κ1) is 13.1. The van der Waals surface area contributed by atoms with Crippen molar-refractivity contribution in [1.82, 2.24) is 15.3 Å². The summed E-state index contributed by atoms with van der Waals surface area (Å²) < 4.78 is 0. The summed E-state index contributed by atoms with van der Waals surface area (Å²) in [6, 6.07) is 10.1. The third kappa shape index (κ3) is 2.65. The zero-order chi connectivity index (χ0) is 13.9. The average molecular weight is 268 g/mol. The fourth-order valence-corrected chi connectivity index (χ4v) is 2.57. The topological polar surface area (TPSA) is 49.8 Å². The van der Waals surface area contributed by atoms with Crippen LogP contribution in [0.3, 0.4) is 0 Å². The van der Waals surface area contributed by atoms with Crippen LogP contribution in [0.15, 0.2) is 30.3 Å². The van der Waals surface area contributed by atoms with Crippen LogP contribution in [0.1, 0.15) is 36.7 Å². The number of rotatable bonds is 3. The number of para-hydroxylation sites is 1. The molecule has 0 atom stereocenters. The lowest BCUT2D eigenvalue weighted by atomic mass is 9.98. The van der Waals surface area contributed by atoms with Crippen molar-refractivity contribution in [3.05, 3.63) is 47.3 Å². The zero-order valence-electron chi connectivity index (χ0n) is 12.0. The highest BCUT2D eigenvalue weighted by atomic mass is 15.1. The summed E-state index contributed by atoms with van der Waals surface area (Å²) in [5, 5.41) is 6.68. The van der Waals surface area contributed by atoms with E-state index in [2.05, 4.69) is 29.5 Å². The number of hydrogen-bond acceptors (Lipinski definition) is 4. The summed E-state index contributed by atoms with van der Waals surface area (Å²) in [6.07, 6.45) is 1.02. The Labute approximate surface area is 119 Å². The Morgan fingerprint density at radius 1 is 1.15 bits per heavy atom. The minimum Gasteiger partial charge on any atom is -0.324 e. The van der Waals surface area contributed by atoms with Crippen LogP contribution in [0, 0.1) is 0 Å². The van der Waals surface area contributed by atoms with Gasteiger partial charge in [-0.3, -0.25) is 0 Å². The largest absolute Gasteiger partial charge is 0.324 e. The van der Waals surface area contributed by atoms with Crippen LogP contribution < -0.4 is 10.6 Å². The van der Waals surface area contributed by atoms with Crippen molar-refractivity contribution >= 4 is 11.6 Å². The lowest BCUT2D eigenvalue weighted by Crippen LogP contribution is -2.27. The zero-order valence-corrected chi connectivity index (χ0v) is 12.0. The molecule has 0 radical (unpaired) electrons. The third-order valence-electron chi connectivity index (χ3n) is 3.55. The molecule has 0 bridgehead atoms. The second kappa shape index (κ2) is 5.59. The normalized spacial score (nSPS) is 14.2. The van der Waals surface area contributed by atoms with E-state index in [1.165, 1.54) is 11.3 Å². The molecule has 20 heavy (non-hydrogen) atoms. The molecule has 1 aliphatic rings. The molecule has 0 saturated carbocycles. The maximum absolute atomic E-state index is 4.73. The van der Waals surface area contributed by atoms with Crippen LogP contribution in [0.25, 0.3) is 0 Å². The van der Waals surface area contributed by atoms with E-state index in [-0.39, 0.29) is 0 Å². The van der Waals surface area contributed by atoms with Crippen LogP contribution in [-0.4, -0.2) is 16.5 Å². The maximum atomic E-state index is 4.73. The summed E-state index contributed by atoms with van der Waals surface area (Å²) in [7, 11) is 0. The fraction of sp³-hybridized carbons (Fsp3) is 0.375. The van der Waals surface area contributed by atoms with Gasteiger partial charge in [0.25, 0.3) is 0 Å². The molecule has 4 nitrogen and oxygen atoms in total. The average Bonchev–Trinajstić information content (AvgIpc) is 2.47. The summed E-state index contributed by atoms with van der Waals surface area (Å²) in [5.41, 5.74) is 4.66.